The van der Waals surface area contributed by atoms with E-state index in [2.05, 4.69) is 9.73 Å². The van der Waals surface area contributed by atoms with Crippen LogP contribution in [0.15, 0.2) is 53.2 Å². The highest BCUT2D eigenvalue weighted by Crippen LogP contribution is 2.31. The lowest BCUT2D eigenvalue weighted by atomic mass is 10.1. The van der Waals surface area contributed by atoms with E-state index in [-0.39, 0.29) is 29.0 Å². The highest BCUT2D eigenvalue weighted by Gasteiger charge is 2.27. The fourth-order valence-corrected chi connectivity index (χ4v) is 2.65. The molecule has 2 aromatic rings. The normalized spacial score (nSPS) is 14.9. The Morgan fingerprint density at radius 3 is 2.48 bits per heavy atom. The number of carbonyl (C=O) groups excluding carboxylic acids is 1. The SMILES string of the molecule is COc1cc(/C=C2\N=C(c3ccccc3OC(F)F)OC2=O)ccc1OC(C)C. The summed E-state index contributed by atoms with van der Waals surface area (Å²) in [5, 5.41) is 0. The fourth-order valence-electron chi connectivity index (χ4n) is 2.65. The Kier molecular flexibility index (Phi) is 6.11. The Labute approximate surface area is 166 Å². The van der Waals surface area contributed by atoms with Crippen molar-refractivity contribution in [3.63, 3.8) is 0 Å². The number of alkyl halides is 2. The average Bonchev–Trinajstić information content (AvgIpc) is 3.02. The topological polar surface area (TPSA) is 66.3 Å². The molecule has 2 aromatic carbocycles. The van der Waals surface area contributed by atoms with Crippen molar-refractivity contribution in [3.8, 4) is 17.2 Å². The van der Waals surface area contributed by atoms with E-state index in [1.165, 1.54) is 31.4 Å². The monoisotopic (exact) mass is 403 g/mol. The highest BCUT2D eigenvalue weighted by atomic mass is 19.3. The summed E-state index contributed by atoms with van der Waals surface area (Å²) in [5.41, 5.74) is 0.807. The molecule has 6 nitrogen and oxygen atoms in total. The van der Waals surface area contributed by atoms with Gasteiger partial charge in [0.15, 0.2) is 17.2 Å². The minimum atomic E-state index is -3.01. The molecule has 29 heavy (non-hydrogen) atoms. The molecule has 1 heterocycles. The summed E-state index contributed by atoms with van der Waals surface area (Å²) in [6, 6.07) is 11.1. The Bertz CT molecular complexity index is 969. The molecule has 0 N–H and O–H groups in total. The second-order valence-corrected chi connectivity index (χ2v) is 6.29. The van der Waals surface area contributed by atoms with Crippen molar-refractivity contribution in [1.82, 2.24) is 0 Å². The van der Waals surface area contributed by atoms with Crippen LogP contribution in [0.3, 0.4) is 0 Å². The summed E-state index contributed by atoms with van der Waals surface area (Å²) in [7, 11) is 1.51. The minimum Gasteiger partial charge on any atom is -0.493 e. The molecule has 0 aromatic heterocycles. The Morgan fingerprint density at radius 1 is 1.03 bits per heavy atom. The van der Waals surface area contributed by atoms with Crippen LogP contribution in [-0.4, -0.2) is 31.7 Å². The van der Waals surface area contributed by atoms with E-state index in [4.69, 9.17) is 14.2 Å². The molecule has 3 rings (SSSR count). The van der Waals surface area contributed by atoms with Gasteiger partial charge < -0.3 is 18.9 Å². The lowest BCUT2D eigenvalue weighted by molar-refractivity contribution is -0.129. The third kappa shape index (κ3) is 4.90. The fraction of sp³-hybridized carbons (Fsp3) is 0.238. The van der Waals surface area contributed by atoms with Crippen LogP contribution in [0.1, 0.15) is 25.0 Å². The molecule has 0 saturated carbocycles. The van der Waals surface area contributed by atoms with Crippen LogP contribution in [0.25, 0.3) is 6.08 Å². The summed E-state index contributed by atoms with van der Waals surface area (Å²) < 4.78 is 45.8. The van der Waals surface area contributed by atoms with Crippen LogP contribution < -0.4 is 14.2 Å². The van der Waals surface area contributed by atoms with Gasteiger partial charge in [-0.2, -0.15) is 8.78 Å². The van der Waals surface area contributed by atoms with Crippen molar-refractivity contribution in [3.05, 3.63) is 59.3 Å². The van der Waals surface area contributed by atoms with Gasteiger partial charge in [-0.05, 0) is 49.8 Å². The summed E-state index contributed by atoms with van der Waals surface area (Å²) >= 11 is 0. The number of rotatable bonds is 7. The molecule has 8 heteroatoms. The van der Waals surface area contributed by atoms with Gasteiger partial charge in [-0.25, -0.2) is 9.79 Å². The van der Waals surface area contributed by atoms with Crippen LogP contribution in [0.4, 0.5) is 8.78 Å². The number of nitrogens with zero attached hydrogens (tertiary/aromatic N) is 1. The van der Waals surface area contributed by atoms with Crippen molar-refractivity contribution >= 4 is 17.9 Å². The van der Waals surface area contributed by atoms with Crippen molar-refractivity contribution in [2.45, 2.75) is 26.6 Å². The summed E-state index contributed by atoms with van der Waals surface area (Å²) in [4.78, 5) is 16.4. The Morgan fingerprint density at radius 2 is 1.79 bits per heavy atom. The number of halogens is 2. The maximum atomic E-state index is 12.6. The van der Waals surface area contributed by atoms with Crippen molar-refractivity contribution in [2.24, 2.45) is 4.99 Å². The molecule has 0 bridgehead atoms. The molecule has 0 saturated heterocycles. The molecule has 0 radical (unpaired) electrons. The zero-order valence-electron chi connectivity index (χ0n) is 16.0. The number of cyclic esters (lactones) is 1. The number of benzene rings is 2. The van der Waals surface area contributed by atoms with Crippen LogP contribution in [0, 0.1) is 0 Å². The number of esters is 1. The zero-order chi connectivity index (χ0) is 21.0. The smallest absolute Gasteiger partial charge is 0.387 e. The number of aliphatic imine (C=N–C) groups is 1. The lowest BCUT2D eigenvalue weighted by Gasteiger charge is -2.13. The quantitative estimate of drug-likeness (QED) is 0.506. The molecule has 0 atom stereocenters. The largest absolute Gasteiger partial charge is 0.493 e. The number of carbonyl (C=O) groups is 1. The maximum Gasteiger partial charge on any atom is 0.387 e. The first-order valence-corrected chi connectivity index (χ1v) is 8.79. The maximum absolute atomic E-state index is 12.6. The van der Waals surface area contributed by atoms with E-state index < -0.39 is 12.6 Å². The van der Waals surface area contributed by atoms with Gasteiger partial charge in [0, 0.05) is 0 Å². The third-order valence-corrected chi connectivity index (χ3v) is 3.81. The van der Waals surface area contributed by atoms with Crippen molar-refractivity contribution in [2.75, 3.05) is 7.11 Å². The number of ether oxygens (including phenoxy) is 4. The average molecular weight is 403 g/mol. The predicted molar refractivity (Wildman–Crippen MR) is 102 cm³/mol. The number of hydrogen-bond donors (Lipinski definition) is 0. The zero-order valence-corrected chi connectivity index (χ0v) is 16.0. The van der Waals surface area contributed by atoms with E-state index in [0.29, 0.717) is 17.1 Å². The van der Waals surface area contributed by atoms with E-state index in [1.807, 2.05) is 13.8 Å². The molecule has 0 unspecified atom stereocenters. The van der Waals surface area contributed by atoms with Crippen LogP contribution in [0.2, 0.25) is 0 Å². The second-order valence-electron chi connectivity index (χ2n) is 6.29. The molecule has 0 spiro atoms. The Balaban J connectivity index is 1.92. The van der Waals surface area contributed by atoms with Crippen molar-refractivity contribution < 1.29 is 32.5 Å². The molecule has 1 aliphatic rings. The van der Waals surface area contributed by atoms with Gasteiger partial charge in [-0.15, -0.1) is 0 Å². The molecular formula is C21H19F2NO5. The highest BCUT2D eigenvalue weighted by molar-refractivity contribution is 6.13. The molecule has 0 fully saturated rings. The van der Waals surface area contributed by atoms with Gasteiger partial charge in [0.25, 0.3) is 0 Å². The van der Waals surface area contributed by atoms with Gasteiger partial charge in [0.2, 0.25) is 5.90 Å². The van der Waals surface area contributed by atoms with E-state index in [1.54, 1.807) is 24.3 Å². The number of methoxy groups -OCH3 is 1. The lowest BCUT2D eigenvalue weighted by Crippen LogP contribution is -2.10. The molecule has 0 amide bonds. The van der Waals surface area contributed by atoms with E-state index in [0.717, 1.165) is 0 Å². The van der Waals surface area contributed by atoms with Gasteiger partial charge in [0.05, 0.1) is 18.8 Å². The Hall–Kier alpha value is -3.42. The second kappa shape index (κ2) is 8.72. The first kappa shape index (κ1) is 20.3. The molecular weight excluding hydrogens is 384 g/mol. The summed E-state index contributed by atoms with van der Waals surface area (Å²) in [6.07, 6.45) is 1.48. The van der Waals surface area contributed by atoms with Gasteiger partial charge in [0.1, 0.15) is 5.75 Å². The van der Waals surface area contributed by atoms with Gasteiger partial charge in [-0.1, -0.05) is 18.2 Å². The molecule has 152 valence electrons. The third-order valence-electron chi connectivity index (χ3n) is 3.81. The molecule has 1 aliphatic heterocycles. The molecule has 0 aliphatic carbocycles. The van der Waals surface area contributed by atoms with Crippen LogP contribution >= 0.6 is 0 Å². The number of hydrogen-bond acceptors (Lipinski definition) is 6. The van der Waals surface area contributed by atoms with Crippen LogP contribution in [0.5, 0.6) is 17.2 Å². The standard InChI is InChI=1S/C21H19F2NO5/c1-12(2)27-17-9-8-13(11-18(17)26-3)10-15-20(25)29-19(24-15)14-6-4-5-7-16(14)28-21(22)23/h4-12,21H,1-3H3/b15-10-. The minimum absolute atomic E-state index is 0.0198. The number of para-hydroxylation sites is 1. The summed E-state index contributed by atoms with van der Waals surface area (Å²) in [5.74, 6) is 0.130. The first-order valence-electron chi connectivity index (χ1n) is 8.79. The van der Waals surface area contributed by atoms with Gasteiger partial charge >= 0.3 is 12.6 Å². The predicted octanol–water partition coefficient (Wildman–Crippen LogP) is 4.43. The van der Waals surface area contributed by atoms with Gasteiger partial charge in [-0.3, -0.25) is 0 Å². The first-order chi connectivity index (χ1) is 13.9. The van der Waals surface area contributed by atoms with Crippen molar-refractivity contribution in [1.29, 1.82) is 0 Å². The van der Waals surface area contributed by atoms with Crippen LogP contribution in [-0.2, 0) is 9.53 Å². The van der Waals surface area contributed by atoms with E-state index >= 15 is 0 Å². The summed E-state index contributed by atoms with van der Waals surface area (Å²) in [6.45, 7) is 0.786. The van der Waals surface area contributed by atoms with E-state index in [9.17, 15) is 13.6 Å².